The van der Waals surface area contributed by atoms with E-state index in [2.05, 4.69) is 9.47 Å². The highest BCUT2D eigenvalue weighted by Gasteiger charge is 2.23. The van der Waals surface area contributed by atoms with Gasteiger partial charge in [0.25, 0.3) is 0 Å². The van der Waals surface area contributed by atoms with Gasteiger partial charge < -0.3 is 9.47 Å². The van der Waals surface area contributed by atoms with Crippen LogP contribution < -0.4 is 4.74 Å². The Bertz CT molecular complexity index is 523. The van der Waals surface area contributed by atoms with Crippen molar-refractivity contribution in [3.63, 3.8) is 0 Å². The quantitative estimate of drug-likeness (QED) is 0.267. The molecular weight excluding hydrogens is 343 g/mol. The summed E-state index contributed by atoms with van der Waals surface area (Å²) in [6.45, 7) is 0. The molecular formula is C9H5IN2O5. The van der Waals surface area contributed by atoms with Gasteiger partial charge in [-0.15, -0.1) is 0 Å². The van der Waals surface area contributed by atoms with Crippen molar-refractivity contribution in [2.24, 2.45) is 0 Å². The summed E-state index contributed by atoms with van der Waals surface area (Å²) in [5.74, 6) is -0.235. The number of benzene rings is 1. The van der Waals surface area contributed by atoms with Crippen LogP contribution in [0.4, 0.5) is 10.5 Å². The predicted octanol–water partition coefficient (Wildman–Crippen LogP) is 2.22. The van der Waals surface area contributed by atoms with Crippen molar-refractivity contribution in [2.75, 3.05) is 7.11 Å². The van der Waals surface area contributed by atoms with Crippen molar-refractivity contribution in [2.45, 2.75) is 0 Å². The van der Waals surface area contributed by atoms with Gasteiger partial charge >= 0.3 is 11.8 Å². The van der Waals surface area contributed by atoms with Gasteiger partial charge in [0.2, 0.25) is 5.75 Å². The molecule has 0 bridgehead atoms. The summed E-state index contributed by atoms with van der Waals surface area (Å²) in [7, 11) is 1.09. The first-order valence-electron chi connectivity index (χ1n) is 4.13. The SMILES string of the molecule is COC(=O)Oc1c(I)cc(C#N)cc1[N+](=O)[O-]. The number of halogens is 1. The number of rotatable bonds is 2. The third kappa shape index (κ3) is 3.04. The van der Waals surface area contributed by atoms with Gasteiger partial charge in [-0.3, -0.25) is 10.1 Å². The van der Waals surface area contributed by atoms with E-state index in [1.165, 1.54) is 6.07 Å². The molecule has 8 heteroatoms. The van der Waals surface area contributed by atoms with Crippen molar-refractivity contribution in [3.05, 3.63) is 31.4 Å². The highest BCUT2D eigenvalue weighted by atomic mass is 127. The van der Waals surface area contributed by atoms with Gasteiger partial charge in [-0.25, -0.2) is 4.79 Å². The molecule has 1 aromatic rings. The molecule has 0 spiro atoms. The zero-order chi connectivity index (χ0) is 13.0. The van der Waals surface area contributed by atoms with Crippen LogP contribution in [0.3, 0.4) is 0 Å². The van der Waals surface area contributed by atoms with E-state index in [0.29, 0.717) is 0 Å². The molecule has 0 heterocycles. The Balaban J connectivity index is 3.32. The van der Waals surface area contributed by atoms with Gasteiger partial charge in [0.15, 0.2) is 0 Å². The number of nitriles is 1. The largest absolute Gasteiger partial charge is 0.513 e. The highest BCUT2D eigenvalue weighted by Crippen LogP contribution is 2.33. The Morgan fingerprint density at radius 2 is 2.24 bits per heavy atom. The van der Waals surface area contributed by atoms with E-state index in [1.807, 2.05) is 0 Å². The maximum Gasteiger partial charge on any atom is 0.513 e. The van der Waals surface area contributed by atoms with Crippen LogP contribution >= 0.6 is 22.6 Å². The van der Waals surface area contributed by atoms with Crippen molar-refractivity contribution >= 4 is 34.4 Å². The number of nitro benzene ring substituents is 1. The summed E-state index contributed by atoms with van der Waals surface area (Å²) in [4.78, 5) is 21.0. The molecule has 0 unspecified atom stereocenters. The smallest absolute Gasteiger partial charge is 0.437 e. The topological polar surface area (TPSA) is 102 Å². The van der Waals surface area contributed by atoms with Crippen LogP contribution in [0.1, 0.15) is 5.56 Å². The lowest BCUT2D eigenvalue weighted by atomic mass is 10.2. The zero-order valence-corrected chi connectivity index (χ0v) is 10.6. The molecule has 0 radical (unpaired) electrons. The van der Waals surface area contributed by atoms with Crippen LogP contribution in [0.25, 0.3) is 0 Å². The van der Waals surface area contributed by atoms with Gasteiger partial charge in [0.05, 0.1) is 27.2 Å². The second kappa shape index (κ2) is 5.44. The van der Waals surface area contributed by atoms with Gasteiger partial charge in [-0.1, -0.05) is 0 Å². The van der Waals surface area contributed by atoms with E-state index in [-0.39, 0.29) is 14.9 Å². The molecule has 0 atom stereocenters. The molecule has 17 heavy (non-hydrogen) atoms. The van der Waals surface area contributed by atoms with E-state index in [0.717, 1.165) is 13.2 Å². The Morgan fingerprint density at radius 3 is 2.71 bits per heavy atom. The number of nitrogens with zero attached hydrogens (tertiary/aromatic N) is 2. The minimum atomic E-state index is -1.06. The molecule has 0 saturated carbocycles. The molecule has 0 amide bonds. The minimum absolute atomic E-state index is 0.110. The summed E-state index contributed by atoms with van der Waals surface area (Å²) < 4.78 is 9.19. The molecule has 0 aromatic heterocycles. The Hall–Kier alpha value is -1.89. The lowest BCUT2D eigenvalue weighted by Gasteiger charge is -2.05. The average Bonchev–Trinajstić information content (AvgIpc) is 2.30. The third-order valence-electron chi connectivity index (χ3n) is 1.70. The Labute approximate surface area is 109 Å². The van der Waals surface area contributed by atoms with Crippen LogP contribution in [0.5, 0.6) is 5.75 Å². The molecule has 88 valence electrons. The lowest BCUT2D eigenvalue weighted by molar-refractivity contribution is -0.385. The fourth-order valence-corrected chi connectivity index (χ4v) is 1.73. The molecule has 1 aromatic carbocycles. The fraction of sp³-hybridized carbons (Fsp3) is 0.111. The zero-order valence-electron chi connectivity index (χ0n) is 8.47. The number of hydrogen-bond donors (Lipinski definition) is 0. The Kier molecular flexibility index (Phi) is 4.22. The van der Waals surface area contributed by atoms with E-state index < -0.39 is 16.8 Å². The lowest BCUT2D eigenvalue weighted by Crippen LogP contribution is -2.10. The molecule has 7 nitrogen and oxygen atoms in total. The maximum atomic E-state index is 10.9. The molecule has 0 aliphatic heterocycles. The minimum Gasteiger partial charge on any atom is -0.437 e. The van der Waals surface area contributed by atoms with Crippen LogP contribution in [0, 0.1) is 25.0 Å². The number of carbonyl (C=O) groups is 1. The number of hydrogen-bond acceptors (Lipinski definition) is 6. The Morgan fingerprint density at radius 1 is 1.59 bits per heavy atom. The standard InChI is InChI=1S/C9H5IN2O5/c1-16-9(13)17-8-6(10)2-5(4-11)3-7(8)12(14)15/h2-3H,1H3. The number of nitro groups is 1. The van der Waals surface area contributed by atoms with Crippen molar-refractivity contribution in [1.29, 1.82) is 5.26 Å². The van der Waals surface area contributed by atoms with Crippen LogP contribution in [-0.4, -0.2) is 18.2 Å². The van der Waals surface area contributed by atoms with Crippen molar-refractivity contribution in [3.8, 4) is 11.8 Å². The highest BCUT2D eigenvalue weighted by molar-refractivity contribution is 14.1. The summed E-state index contributed by atoms with van der Waals surface area (Å²) in [5, 5.41) is 19.5. The van der Waals surface area contributed by atoms with Crippen LogP contribution in [0.15, 0.2) is 12.1 Å². The van der Waals surface area contributed by atoms with Crippen molar-refractivity contribution in [1.82, 2.24) is 0 Å². The van der Waals surface area contributed by atoms with Crippen molar-refractivity contribution < 1.29 is 19.2 Å². The van der Waals surface area contributed by atoms with Gasteiger partial charge in [-0.05, 0) is 28.7 Å². The molecule has 1 rings (SSSR count). The normalized spacial score (nSPS) is 9.24. The number of ether oxygens (including phenoxy) is 2. The first-order valence-corrected chi connectivity index (χ1v) is 5.21. The van der Waals surface area contributed by atoms with E-state index in [4.69, 9.17) is 5.26 Å². The number of carbonyl (C=O) groups excluding carboxylic acids is 1. The second-order valence-corrected chi connectivity index (χ2v) is 3.89. The van der Waals surface area contributed by atoms with Gasteiger partial charge in [0.1, 0.15) is 0 Å². The fourth-order valence-electron chi connectivity index (χ4n) is 1.01. The third-order valence-corrected chi connectivity index (χ3v) is 2.50. The first kappa shape index (κ1) is 13.2. The van der Waals surface area contributed by atoms with Crippen LogP contribution in [0.2, 0.25) is 0 Å². The average molecular weight is 348 g/mol. The summed E-state index contributed by atoms with van der Waals surface area (Å²) >= 11 is 1.73. The maximum absolute atomic E-state index is 10.9. The summed E-state index contributed by atoms with van der Waals surface area (Å²) in [5.41, 5.74) is -0.350. The monoisotopic (exact) mass is 348 g/mol. The second-order valence-electron chi connectivity index (χ2n) is 2.73. The molecule has 0 aliphatic carbocycles. The molecule has 0 aliphatic rings. The van der Waals surface area contributed by atoms with E-state index in [9.17, 15) is 14.9 Å². The molecule has 0 N–H and O–H groups in total. The van der Waals surface area contributed by atoms with E-state index in [1.54, 1.807) is 28.7 Å². The van der Waals surface area contributed by atoms with E-state index >= 15 is 0 Å². The van der Waals surface area contributed by atoms with Gasteiger partial charge in [0, 0.05) is 6.07 Å². The van der Waals surface area contributed by atoms with Crippen LogP contribution in [-0.2, 0) is 4.74 Å². The summed E-state index contributed by atoms with van der Waals surface area (Å²) in [6, 6.07) is 4.17. The molecule has 0 fully saturated rings. The molecule has 0 saturated heterocycles. The predicted molar refractivity (Wildman–Crippen MR) is 63.6 cm³/mol. The number of methoxy groups -OCH3 is 1. The summed E-state index contributed by atoms with van der Waals surface area (Å²) in [6.07, 6.45) is -1.06. The van der Waals surface area contributed by atoms with Gasteiger partial charge in [-0.2, -0.15) is 5.26 Å². The first-order chi connectivity index (χ1) is 7.99.